The van der Waals surface area contributed by atoms with Crippen molar-refractivity contribution in [3.8, 4) is 0 Å². The molecule has 1 aliphatic heterocycles. The zero-order valence-electron chi connectivity index (χ0n) is 20.3. The van der Waals surface area contributed by atoms with Gasteiger partial charge in [0.1, 0.15) is 6.54 Å². The Hall–Kier alpha value is -2.53. The van der Waals surface area contributed by atoms with E-state index in [1.807, 2.05) is 36.1 Å². The van der Waals surface area contributed by atoms with Gasteiger partial charge in [-0.2, -0.15) is 0 Å². The van der Waals surface area contributed by atoms with Gasteiger partial charge >= 0.3 is 0 Å². The van der Waals surface area contributed by atoms with Crippen LogP contribution in [0.4, 0.5) is 0 Å². The molecule has 3 unspecified atom stereocenters. The molecular weight excluding hydrogens is 440 g/mol. The first-order chi connectivity index (χ1) is 16.5. The first-order valence-corrected chi connectivity index (χ1v) is 13.5. The fourth-order valence-electron chi connectivity index (χ4n) is 4.94. The van der Waals surface area contributed by atoms with Crippen LogP contribution in [0.15, 0.2) is 59.5 Å². The quantitative estimate of drug-likeness (QED) is 0.504. The number of benzene rings is 2. The largest absolute Gasteiger partial charge is 0.352 e. The van der Waals surface area contributed by atoms with Crippen molar-refractivity contribution in [3.05, 3.63) is 76.2 Å². The highest BCUT2D eigenvalue weighted by atomic mass is 32.2. The standard InChI is InChI=1S/C29H36N2O2S/c1-3-22-15-17-24(18-16-22)19-27-29(33)31(25-11-7-8-12-26(25)34-27)20-28(32)30-21(2)13-14-23-9-5-4-6-10-23/h4-6,9-10,15-19,21,25-26H,3,7-8,11-14,20H2,1-2H3,(H,30,32)/b27-19-. The number of amides is 2. The van der Waals surface area contributed by atoms with Crippen LogP contribution >= 0.6 is 11.8 Å². The number of hydrogen-bond donors (Lipinski definition) is 1. The summed E-state index contributed by atoms with van der Waals surface area (Å²) >= 11 is 1.72. The van der Waals surface area contributed by atoms with Crippen LogP contribution in [0.25, 0.3) is 6.08 Å². The molecule has 34 heavy (non-hydrogen) atoms. The van der Waals surface area contributed by atoms with E-state index in [2.05, 4.69) is 48.6 Å². The highest BCUT2D eigenvalue weighted by Gasteiger charge is 2.41. The van der Waals surface area contributed by atoms with Gasteiger partial charge < -0.3 is 10.2 Å². The number of fused-ring (bicyclic) bond motifs is 1. The van der Waals surface area contributed by atoms with Gasteiger partial charge in [0.25, 0.3) is 5.91 Å². The maximum Gasteiger partial charge on any atom is 0.261 e. The third-order valence-electron chi connectivity index (χ3n) is 6.93. The van der Waals surface area contributed by atoms with Gasteiger partial charge in [-0.05, 0) is 61.8 Å². The van der Waals surface area contributed by atoms with Crippen molar-refractivity contribution in [3.63, 3.8) is 0 Å². The average molecular weight is 477 g/mol. The van der Waals surface area contributed by atoms with Gasteiger partial charge in [0.2, 0.25) is 5.91 Å². The zero-order valence-corrected chi connectivity index (χ0v) is 21.2. The van der Waals surface area contributed by atoms with Gasteiger partial charge in [-0.25, -0.2) is 0 Å². The highest BCUT2D eigenvalue weighted by molar-refractivity contribution is 8.04. The SMILES string of the molecule is CCc1ccc(/C=C2\SC3CCCCC3N(CC(=O)NC(C)CCc3ccccc3)C2=O)cc1. The highest BCUT2D eigenvalue weighted by Crippen LogP contribution is 2.42. The first kappa shape index (κ1) is 24.6. The summed E-state index contributed by atoms with van der Waals surface area (Å²) in [6, 6.07) is 19.0. The van der Waals surface area contributed by atoms with Crippen molar-refractivity contribution in [2.45, 2.75) is 76.1 Å². The Balaban J connectivity index is 1.42. The van der Waals surface area contributed by atoms with E-state index in [9.17, 15) is 9.59 Å². The molecule has 2 amide bonds. The van der Waals surface area contributed by atoms with E-state index in [-0.39, 0.29) is 30.4 Å². The predicted molar refractivity (Wildman–Crippen MR) is 142 cm³/mol. The molecule has 0 bridgehead atoms. The van der Waals surface area contributed by atoms with Gasteiger partial charge in [0.15, 0.2) is 0 Å². The molecule has 2 aromatic carbocycles. The molecule has 1 saturated carbocycles. The van der Waals surface area contributed by atoms with Crippen LogP contribution in [0.2, 0.25) is 0 Å². The van der Waals surface area contributed by atoms with Gasteiger partial charge in [-0.15, -0.1) is 11.8 Å². The van der Waals surface area contributed by atoms with Crippen LogP contribution in [0, 0.1) is 0 Å². The molecule has 1 saturated heterocycles. The Morgan fingerprint density at radius 2 is 1.82 bits per heavy atom. The average Bonchev–Trinajstić information content (AvgIpc) is 2.86. The third-order valence-corrected chi connectivity index (χ3v) is 8.33. The number of aryl methyl sites for hydroxylation is 2. The van der Waals surface area contributed by atoms with Gasteiger partial charge in [-0.1, -0.05) is 74.4 Å². The molecular formula is C29H36N2O2S. The summed E-state index contributed by atoms with van der Waals surface area (Å²) in [7, 11) is 0. The minimum atomic E-state index is -0.0585. The third kappa shape index (κ3) is 6.32. The maximum atomic E-state index is 13.5. The Labute approximate surface area is 208 Å². The summed E-state index contributed by atoms with van der Waals surface area (Å²) in [5.74, 6) is -0.0587. The molecule has 0 radical (unpaired) electrons. The number of rotatable bonds is 8. The minimum absolute atomic E-state index is 0.000179. The number of nitrogens with one attached hydrogen (secondary N) is 1. The number of thioether (sulfide) groups is 1. The van der Waals surface area contributed by atoms with E-state index in [0.29, 0.717) is 5.25 Å². The molecule has 2 aliphatic rings. The lowest BCUT2D eigenvalue weighted by Gasteiger charge is -2.44. The second-order valence-corrected chi connectivity index (χ2v) is 10.8. The van der Waals surface area contributed by atoms with Crippen LogP contribution in [-0.2, 0) is 22.4 Å². The van der Waals surface area contributed by atoms with Gasteiger partial charge in [0.05, 0.1) is 4.91 Å². The molecule has 5 heteroatoms. The molecule has 4 nitrogen and oxygen atoms in total. The zero-order chi connectivity index (χ0) is 23.9. The summed E-state index contributed by atoms with van der Waals surface area (Å²) in [5, 5.41) is 3.50. The fourth-order valence-corrected chi connectivity index (χ4v) is 6.41. The number of carbonyl (C=O) groups excluding carboxylic acids is 2. The minimum Gasteiger partial charge on any atom is -0.352 e. The second-order valence-electron chi connectivity index (χ2n) is 9.54. The van der Waals surface area contributed by atoms with Crippen molar-refractivity contribution in [2.24, 2.45) is 0 Å². The lowest BCUT2D eigenvalue weighted by atomic mass is 9.93. The van der Waals surface area contributed by atoms with Gasteiger partial charge in [-0.3, -0.25) is 9.59 Å². The molecule has 4 rings (SSSR count). The van der Waals surface area contributed by atoms with Crippen LogP contribution in [0.3, 0.4) is 0 Å². The lowest BCUT2D eigenvalue weighted by molar-refractivity contribution is -0.135. The molecule has 1 N–H and O–H groups in total. The molecule has 1 aliphatic carbocycles. The van der Waals surface area contributed by atoms with Crippen molar-refractivity contribution >= 4 is 29.7 Å². The Kier molecular flexibility index (Phi) is 8.49. The van der Waals surface area contributed by atoms with Crippen LogP contribution < -0.4 is 5.32 Å². The topological polar surface area (TPSA) is 49.4 Å². The lowest BCUT2D eigenvalue weighted by Crippen LogP contribution is -2.55. The molecule has 2 fully saturated rings. The maximum absolute atomic E-state index is 13.5. The van der Waals surface area contributed by atoms with Crippen LogP contribution in [-0.4, -0.2) is 40.6 Å². The second kappa shape index (κ2) is 11.7. The molecule has 0 spiro atoms. The molecule has 0 aromatic heterocycles. The van der Waals surface area contributed by atoms with Crippen LogP contribution in [0.5, 0.6) is 0 Å². The molecule has 2 aromatic rings. The Bertz CT molecular complexity index is 1000. The van der Waals surface area contributed by atoms with Crippen molar-refractivity contribution in [1.29, 1.82) is 0 Å². The molecule has 1 heterocycles. The van der Waals surface area contributed by atoms with E-state index >= 15 is 0 Å². The summed E-state index contributed by atoms with van der Waals surface area (Å²) in [6.45, 7) is 4.33. The number of hydrogen-bond acceptors (Lipinski definition) is 3. The monoisotopic (exact) mass is 476 g/mol. The Morgan fingerprint density at radius 1 is 1.09 bits per heavy atom. The van der Waals surface area contributed by atoms with E-state index in [1.54, 1.807) is 11.8 Å². The van der Waals surface area contributed by atoms with Crippen LogP contribution in [0.1, 0.15) is 62.6 Å². The molecule has 180 valence electrons. The molecule has 3 atom stereocenters. The smallest absolute Gasteiger partial charge is 0.261 e. The Morgan fingerprint density at radius 3 is 2.56 bits per heavy atom. The summed E-state index contributed by atoms with van der Waals surface area (Å²) in [5.41, 5.74) is 3.61. The number of nitrogens with zero attached hydrogens (tertiary/aromatic N) is 1. The van der Waals surface area contributed by atoms with E-state index < -0.39 is 0 Å². The summed E-state index contributed by atoms with van der Waals surface area (Å²) < 4.78 is 0. The fraction of sp³-hybridized carbons (Fsp3) is 0.448. The van der Waals surface area contributed by atoms with Gasteiger partial charge in [0, 0.05) is 17.3 Å². The van der Waals surface area contributed by atoms with E-state index in [4.69, 9.17) is 0 Å². The summed E-state index contributed by atoms with van der Waals surface area (Å²) in [6.07, 6.45) is 9.21. The van der Waals surface area contributed by atoms with E-state index in [0.717, 1.165) is 49.0 Å². The summed E-state index contributed by atoms with van der Waals surface area (Å²) in [4.78, 5) is 29.1. The van der Waals surface area contributed by atoms with Crippen molar-refractivity contribution in [2.75, 3.05) is 6.54 Å². The van der Waals surface area contributed by atoms with Crippen molar-refractivity contribution < 1.29 is 9.59 Å². The first-order valence-electron chi connectivity index (χ1n) is 12.6. The van der Waals surface area contributed by atoms with Crippen molar-refractivity contribution in [1.82, 2.24) is 10.2 Å². The van der Waals surface area contributed by atoms with E-state index in [1.165, 1.54) is 17.5 Å². The number of carbonyl (C=O) groups is 2. The predicted octanol–water partition coefficient (Wildman–Crippen LogP) is 5.61. The normalized spacial score (nSPS) is 22.4.